The number of fused-ring (bicyclic) bond motifs is 1. The molecule has 0 spiro atoms. The average Bonchev–Trinajstić information content (AvgIpc) is 2.76. The second-order valence-electron chi connectivity index (χ2n) is 7.82. The molecule has 1 atom stereocenters. The second kappa shape index (κ2) is 11.3. The highest BCUT2D eigenvalue weighted by Crippen LogP contribution is 2.22. The molecule has 1 amide bonds. The summed E-state index contributed by atoms with van der Waals surface area (Å²) in [6.45, 7) is 8.80. The maximum absolute atomic E-state index is 13.1. The standard InChI is InChI=1S/C22H30ClN3O4S/c1-4-17-13-25(9-11-30-17)20(27)14-31-22-24-19-12-16(23)6-7-18(19)21(28)26(22)8-5-10-29-15(2)3/h6-7,12,15,17H,4-5,8-11,13-14H2,1-3H3. The molecule has 7 nitrogen and oxygen atoms in total. The molecule has 9 heteroatoms. The fraction of sp³-hybridized carbons (Fsp3) is 0.591. The van der Waals surface area contributed by atoms with Crippen LogP contribution in [0.5, 0.6) is 0 Å². The van der Waals surface area contributed by atoms with Gasteiger partial charge in [0.2, 0.25) is 5.91 Å². The van der Waals surface area contributed by atoms with E-state index in [0.29, 0.717) is 60.4 Å². The highest BCUT2D eigenvalue weighted by atomic mass is 35.5. The minimum absolute atomic E-state index is 0.0295. The molecule has 0 N–H and O–H groups in total. The summed E-state index contributed by atoms with van der Waals surface area (Å²) in [7, 11) is 0. The van der Waals surface area contributed by atoms with Crippen LogP contribution >= 0.6 is 23.4 Å². The van der Waals surface area contributed by atoms with Gasteiger partial charge in [-0.3, -0.25) is 14.2 Å². The summed E-state index contributed by atoms with van der Waals surface area (Å²) < 4.78 is 12.9. The van der Waals surface area contributed by atoms with Gasteiger partial charge in [-0.05, 0) is 44.9 Å². The van der Waals surface area contributed by atoms with Crippen molar-refractivity contribution in [3.63, 3.8) is 0 Å². The predicted molar refractivity (Wildman–Crippen MR) is 124 cm³/mol. The lowest BCUT2D eigenvalue weighted by Crippen LogP contribution is -2.46. The zero-order chi connectivity index (χ0) is 22.4. The van der Waals surface area contributed by atoms with Crippen molar-refractivity contribution in [1.29, 1.82) is 0 Å². The van der Waals surface area contributed by atoms with Gasteiger partial charge < -0.3 is 14.4 Å². The summed E-state index contributed by atoms with van der Waals surface area (Å²) >= 11 is 7.40. The quantitative estimate of drug-likeness (QED) is 0.319. The predicted octanol–water partition coefficient (Wildman–Crippen LogP) is 3.59. The van der Waals surface area contributed by atoms with Crippen LogP contribution in [0, 0.1) is 0 Å². The molecule has 2 aromatic rings. The molecule has 1 unspecified atom stereocenters. The lowest BCUT2D eigenvalue weighted by molar-refractivity contribution is -0.135. The monoisotopic (exact) mass is 467 g/mol. The lowest BCUT2D eigenvalue weighted by atomic mass is 10.2. The minimum Gasteiger partial charge on any atom is -0.379 e. The highest BCUT2D eigenvalue weighted by Gasteiger charge is 2.23. The molecule has 0 radical (unpaired) electrons. The molecule has 0 saturated carbocycles. The Kier molecular flexibility index (Phi) is 8.77. The first-order valence-electron chi connectivity index (χ1n) is 10.7. The van der Waals surface area contributed by atoms with Crippen LogP contribution < -0.4 is 5.56 Å². The summed E-state index contributed by atoms with van der Waals surface area (Å²) in [5.41, 5.74) is 0.415. The zero-order valence-corrected chi connectivity index (χ0v) is 19.9. The number of hydrogen-bond donors (Lipinski definition) is 0. The molecule has 2 heterocycles. The number of thioether (sulfide) groups is 1. The number of ether oxygens (including phenoxy) is 2. The summed E-state index contributed by atoms with van der Waals surface area (Å²) in [5, 5.41) is 1.57. The van der Waals surface area contributed by atoms with Crippen LogP contribution in [-0.2, 0) is 20.8 Å². The third-order valence-corrected chi connectivity index (χ3v) is 6.33. The van der Waals surface area contributed by atoms with Crippen molar-refractivity contribution in [2.75, 3.05) is 32.1 Å². The minimum atomic E-state index is -0.126. The molecular formula is C22H30ClN3O4S. The molecule has 3 rings (SSSR count). The number of carbonyl (C=O) groups is 1. The van der Waals surface area contributed by atoms with Crippen LogP contribution in [0.3, 0.4) is 0 Å². The van der Waals surface area contributed by atoms with Crippen LogP contribution in [0.15, 0.2) is 28.2 Å². The molecule has 1 aliphatic heterocycles. The van der Waals surface area contributed by atoms with E-state index >= 15 is 0 Å². The zero-order valence-electron chi connectivity index (χ0n) is 18.3. The molecule has 1 aromatic heterocycles. The van der Waals surface area contributed by atoms with E-state index in [9.17, 15) is 9.59 Å². The van der Waals surface area contributed by atoms with E-state index in [1.807, 2.05) is 18.7 Å². The van der Waals surface area contributed by atoms with E-state index in [2.05, 4.69) is 11.9 Å². The Bertz CT molecular complexity index is 966. The van der Waals surface area contributed by atoms with E-state index in [4.69, 9.17) is 21.1 Å². The first kappa shape index (κ1) is 24.0. The van der Waals surface area contributed by atoms with Crippen molar-refractivity contribution < 1.29 is 14.3 Å². The number of aromatic nitrogens is 2. The van der Waals surface area contributed by atoms with Gasteiger partial charge in [-0.1, -0.05) is 30.3 Å². The van der Waals surface area contributed by atoms with Gasteiger partial charge >= 0.3 is 0 Å². The summed E-state index contributed by atoms with van der Waals surface area (Å²) in [6, 6.07) is 5.08. The molecule has 31 heavy (non-hydrogen) atoms. The molecule has 1 fully saturated rings. The normalized spacial score (nSPS) is 16.9. The van der Waals surface area contributed by atoms with Crippen molar-refractivity contribution in [3.05, 3.63) is 33.6 Å². The van der Waals surface area contributed by atoms with Gasteiger partial charge in [-0.15, -0.1) is 0 Å². The number of nitrogens with zero attached hydrogens (tertiary/aromatic N) is 3. The number of benzene rings is 1. The number of carbonyl (C=O) groups excluding carboxylic acids is 1. The molecular weight excluding hydrogens is 438 g/mol. The van der Waals surface area contributed by atoms with E-state index in [1.54, 1.807) is 22.8 Å². The third-order valence-electron chi connectivity index (χ3n) is 5.13. The Morgan fingerprint density at radius 2 is 2.23 bits per heavy atom. The van der Waals surface area contributed by atoms with Crippen LogP contribution in [0.1, 0.15) is 33.6 Å². The number of rotatable bonds is 9. The maximum Gasteiger partial charge on any atom is 0.262 e. The van der Waals surface area contributed by atoms with Crippen molar-refractivity contribution in [1.82, 2.24) is 14.5 Å². The average molecular weight is 468 g/mol. The van der Waals surface area contributed by atoms with Gasteiger partial charge in [0.25, 0.3) is 5.56 Å². The first-order valence-corrected chi connectivity index (χ1v) is 12.1. The highest BCUT2D eigenvalue weighted by molar-refractivity contribution is 7.99. The first-order chi connectivity index (χ1) is 14.9. The summed E-state index contributed by atoms with van der Waals surface area (Å²) in [6.07, 6.45) is 1.78. The smallest absolute Gasteiger partial charge is 0.262 e. The fourth-order valence-corrected chi connectivity index (χ4v) is 4.53. The number of halogens is 1. The summed E-state index contributed by atoms with van der Waals surface area (Å²) in [5.74, 6) is 0.249. The van der Waals surface area contributed by atoms with E-state index in [0.717, 1.165) is 6.42 Å². The summed E-state index contributed by atoms with van der Waals surface area (Å²) in [4.78, 5) is 32.4. The maximum atomic E-state index is 13.1. The molecule has 1 aliphatic rings. The van der Waals surface area contributed by atoms with E-state index < -0.39 is 0 Å². The van der Waals surface area contributed by atoms with E-state index in [-0.39, 0.29) is 29.4 Å². The molecule has 0 bridgehead atoms. The van der Waals surface area contributed by atoms with Crippen LogP contribution in [0.25, 0.3) is 10.9 Å². The molecule has 0 aliphatic carbocycles. The van der Waals surface area contributed by atoms with Gasteiger partial charge in [-0.2, -0.15) is 0 Å². The third kappa shape index (κ3) is 6.44. The SMILES string of the molecule is CCC1CN(C(=O)CSc2nc3cc(Cl)ccc3c(=O)n2CCCOC(C)C)CCO1. The van der Waals surface area contributed by atoms with Crippen molar-refractivity contribution in [3.8, 4) is 0 Å². The number of hydrogen-bond acceptors (Lipinski definition) is 6. The Morgan fingerprint density at radius 3 is 2.97 bits per heavy atom. The van der Waals surface area contributed by atoms with Crippen molar-refractivity contribution in [2.24, 2.45) is 0 Å². The topological polar surface area (TPSA) is 73.7 Å². The van der Waals surface area contributed by atoms with Crippen molar-refractivity contribution in [2.45, 2.75) is 57.5 Å². The van der Waals surface area contributed by atoms with Crippen LogP contribution in [0.4, 0.5) is 0 Å². The van der Waals surface area contributed by atoms with Crippen molar-refractivity contribution >= 4 is 40.2 Å². The Labute approximate surface area is 192 Å². The lowest BCUT2D eigenvalue weighted by Gasteiger charge is -2.32. The van der Waals surface area contributed by atoms with Gasteiger partial charge in [0.15, 0.2) is 5.16 Å². The van der Waals surface area contributed by atoms with Crippen LogP contribution in [0.2, 0.25) is 5.02 Å². The number of morpholine rings is 1. The fourth-order valence-electron chi connectivity index (χ4n) is 3.43. The van der Waals surface area contributed by atoms with Gasteiger partial charge in [0.05, 0.1) is 35.5 Å². The number of amides is 1. The Balaban J connectivity index is 1.78. The van der Waals surface area contributed by atoms with E-state index in [1.165, 1.54) is 11.8 Å². The molecule has 170 valence electrons. The van der Waals surface area contributed by atoms with Gasteiger partial charge in [0, 0.05) is 31.3 Å². The second-order valence-corrected chi connectivity index (χ2v) is 9.19. The molecule has 1 aromatic carbocycles. The van der Waals surface area contributed by atoms with Crippen LogP contribution in [-0.4, -0.2) is 64.6 Å². The Hall–Kier alpha value is -1.61. The molecule has 1 saturated heterocycles. The largest absolute Gasteiger partial charge is 0.379 e. The Morgan fingerprint density at radius 1 is 1.42 bits per heavy atom. The van der Waals surface area contributed by atoms with Gasteiger partial charge in [-0.25, -0.2) is 4.98 Å². The van der Waals surface area contributed by atoms with Gasteiger partial charge in [0.1, 0.15) is 0 Å².